The SMILES string of the molecule is O=C(CC1CCCO1)Nc1ccc(O)c(C(=O)O)c1. The summed E-state index contributed by atoms with van der Waals surface area (Å²) in [5.74, 6) is -1.80. The van der Waals surface area contributed by atoms with E-state index in [1.54, 1.807) is 0 Å². The number of anilines is 1. The number of carbonyl (C=O) groups is 2. The maximum absolute atomic E-state index is 11.7. The van der Waals surface area contributed by atoms with Gasteiger partial charge in [0.15, 0.2) is 0 Å². The molecule has 1 aliphatic heterocycles. The number of carboxylic acids is 1. The van der Waals surface area contributed by atoms with E-state index in [-0.39, 0.29) is 29.7 Å². The van der Waals surface area contributed by atoms with Crippen LogP contribution in [0.4, 0.5) is 5.69 Å². The minimum atomic E-state index is -1.24. The first-order valence-corrected chi connectivity index (χ1v) is 6.04. The fourth-order valence-corrected chi connectivity index (χ4v) is 2.01. The molecule has 3 N–H and O–H groups in total. The van der Waals surface area contributed by atoms with Crippen molar-refractivity contribution in [3.8, 4) is 5.75 Å². The van der Waals surface area contributed by atoms with Gasteiger partial charge in [-0.1, -0.05) is 0 Å². The van der Waals surface area contributed by atoms with E-state index >= 15 is 0 Å². The second-order valence-electron chi connectivity index (χ2n) is 4.42. The lowest BCUT2D eigenvalue weighted by Gasteiger charge is -2.10. The Morgan fingerprint density at radius 1 is 1.42 bits per heavy atom. The van der Waals surface area contributed by atoms with E-state index in [1.807, 2.05) is 0 Å². The highest BCUT2D eigenvalue weighted by molar-refractivity contribution is 5.95. The van der Waals surface area contributed by atoms with Gasteiger partial charge in [0.25, 0.3) is 0 Å². The second-order valence-corrected chi connectivity index (χ2v) is 4.42. The first-order valence-electron chi connectivity index (χ1n) is 6.04. The Morgan fingerprint density at radius 2 is 2.21 bits per heavy atom. The molecule has 1 aromatic carbocycles. The van der Waals surface area contributed by atoms with Crippen LogP contribution >= 0.6 is 0 Å². The number of rotatable bonds is 4. The van der Waals surface area contributed by atoms with Crippen molar-refractivity contribution in [2.45, 2.75) is 25.4 Å². The molecule has 0 aliphatic carbocycles. The maximum atomic E-state index is 11.7. The lowest BCUT2D eigenvalue weighted by Crippen LogP contribution is -2.19. The van der Waals surface area contributed by atoms with E-state index in [2.05, 4.69) is 5.32 Å². The van der Waals surface area contributed by atoms with Gasteiger partial charge in [-0.05, 0) is 31.0 Å². The summed E-state index contributed by atoms with van der Waals surface area (Å²) in [4.78, 5) is 22.6. The van der Waals surface area contributed by atoms with Crippen LogP contribution in [0.2, 0.25) is 0 Å². The van der Waals surface area contributed by atoms with Crippen LogP contribution in [0.15, 0.2) is 18.2 Å². The number of aromatic carboxylic acids is 1. The largest absolute Gasteiger partial charge is 0.507 e. The van der Waals surface area contributed by atoms with Crippen molar-refractivity contribution in [1.29, 1.82) is 0 Å². The van der Waals surface area contributed by atoms with Crippen LogP contribution in [0, 0.1) is 0 Å². The van der Waals surface area contributed by atoms with E-state index in [4.69, 9.17) is 9.84 Å². The van der Waals surface area contributed by atoms with Gasteiger partial charge in [-0.3, -0.25) is 4.79 Å². The van der Waals surface area contributed by atoms with Crippen molar-refractivity contribution in [2.24, 2.45) is 0 Å². The van der Waals surface area contributed by atoms with Crippen molar-refractivity contribution >= 4 is 17.6 Å². The van der Waals surface area contributed by atoms with Crippen LogP contribution < -0.4 is 5.32 Å². The standard InChI is InChI=1S/C13H15NO5/c15-11-4-3-8(6-10(11)13(17)18)14-12(16)7-9-2-1-5-19-9/h3-4,6,9,15H,1-2,5,7H2,(H,14,16)(H,17,18). The smallest absolute Gasteiger partial charge is 0.339 e. The molecule has 1 heterocycles. The van der Waals surface area contributed by atoms with Crippen LogP contribution in [0.5, 0.6) is 5.75 Å². The molecule has 2 rings (SSSR count). The summed E-state index contributed by atoms with van der Waals surface area (Å²) in [6.07, 6.45) is 2.02. The molecule has 1 aliphatic rings. The van der Waals surface area contributed by atoms with Crippen molar-refractivity contribution in [3.63, 3.8) is 0 Å². The lowest BCUT2D eigenvalue weighted by molar-refractivity contribution is -0.118. The van der Waals surface area contributed by atoms with Gasteiger partial charge in [-0.15, -0.1) is 0 Å². The average molecular weight is 265 g/mol. The van der Waals surface area contributed by atoms with E-state index in [1.165, 1.54) is 18.2 Å². The first-order chi connectivity index (χ1) is 9.06. The Morgan fingerprint density at radius 3 is 2.84 bits per heavy atom. The van der Waals surface area contributed by atoms with E-state index < -0.39 is 5.97 Å². The van der Waals surface area contributed by atoms with Gasteiger partial charge < -0.3 is 20.3 Å². The van der Waals surface area contributed by atoms with E-state index in [0.29, 0.717) is 12.3 Å². The van der Waals surface area contributed by atoms with Crippen LogP contribution in [0.3, 0.4) is 0 Å². The molecule has 0 bridgehead atoms. The Balaban J connectivity index is 2.00. The van der Waals surface area contributed by atoms with E-state index in [9.17, 15) is 14.7 Å². The number of benzene rings is 1. The summed E-state index contributed by atoms with van der Waals surface area (Å²) in [5.41, 5.74) is 0.105. The summed E-state index contributed by atoms with van der Waals surface area (Å²) in [6.45, 7) is 0.681. The number of hydrogen-bond donors (Lipinski definition) is 3. The van der Waals surface area contributed by atoms with E-state index in [0.717, 1.165) is 12.8 Å². The van der Waals surface area contributed by atoms with Crippen molar-refractivity contribution in [2.75, 3.05) is 11.9 Å². The monoisotopic (exact) mass is 265 g/mol. The Hall–Kier alpha value is -2.08. The van der Waals surface area contributed by atoms with Crippen LogP contribution in [0.25, 0.3) is 0 Å². The molecule has 102 valence electrons. The molecule has 0 radical (unpaired) electrons. The number of nitrogens with one attached hydrogen (secondary N) is 1. The quantitative estimate of drug-likeness (QED) is 0.718. The van der Waals surface area contributed by atoms with Gasteiger partial charge in [0, 0.05) is 12.3 Å². The minimum Gasteiger partial charge on any atom is -0.507 e. The lowest BCUT2D eigenvalue weighted by atomic mass is 10.1. The molecule has 1 amide bonds. The zero-order chi connectivity index (χ0) is 13.8. The predicted molar refractivity (Wildman–Crippen MR) is 67.3 cm³/mol. The fraction of sp³-hybridized carbons (Fsp3) is 0.385. The number of ether oxygens (including phenoxy) is 1. The zero-order valence-corrected chi connectivity index (χ0v) is 10.3. The second kappa shape index (κ2) is 5.71. The number of carbonyl (C=O) groups excluding carboxylic acids is 1. The fourth-order valence-electron chi connectivity index (χ4n) is 2.01. The topological polar surface area (TPSA) is 95.9 Å². The Bertz CT molecular complexity index is 494. The van der Waals surface area contributed by atoms with Crippen molar-refractivity contribution in [3.05, 3.63) is 23.8 Å². The van der Waals surface area contributed by atoms with Crippen LogP contribution in [-0.4, -0.2) is 34.8 Å². The number of hydrogen-bond acceptors (Lipinski definition) is 4. The highest BCUT2D eigenvalue weighted by Gasteiger charge is 2.19. The zero-order valence-electron chi connectivity index (χ0n) is 10.3. The highest BCUT2D eigenvalue weighted by atomic mass is 16.5. The maximum Gasteiger partial charge on any atom is 0.339 e. The third kappa shape index (κ3) is 3.45. The molecule has 1 saturated heterocycles. The molecule has 1 aromatic rings. The summed E-state index contributed by atoms with van der Waals surface area (Å²) >= 11 is 0. The molecular weight excluding hydrogens is 250 g/mol. The third-order valence-corrected chi connectivity index (χ3v) is 2.95. The molecule has 6 heteroatoms. The van der Waals surface area contributed by atoms with Gasteiger partial charge in [-0.2, -0.15) is 0 Å². The molecule has 1 atom stereocenters. The molecular formula is C13H15NO5. The molecule has 0 aromatic heterocycles. The number of phenols is 1. The molecule has 19 heavy (non-hydrogen) atoms. The molecule has 1 fully saturated rings. The normalized spacial score (nSPS) is 18.2. The van der Waals surface area contributed by atoms with Gasteiger partial charge in [-0.25, -0.2) is 4.79 Å². The number of carboxylic acid groups (broad SMARTS) is 1. The molecule has 1 unspecified atom stereocenters. The minimum absolute atomic E-state index is 0.0592. The molecule has 0 spiro atoms. The van der Waals surface area contributed by atoms with Crippen LogP contribution in [-0.2, 0) is 9.53 Å². The average Bonchev–Trinajstić information content (AvgIpc) is 2.84. The molecule has 0 saturated carbocycles. The van der Waals surface area contributed by atoms with Gasteiger partial charge in [0.1, 0.15) is 11.3 Å². The van der Waals surface area contributed by atoms with Crippen LogP contribution in [0.1, 0.15) is 29.6 Å². The number of aromatic hydroxyl groups is 1. The number of amides is 1. The first kappa shape index (κ1) is 13.4. The summed E-state index contributed by atoms with van der Waals surface area (Å²) in [6, 6.07) is 3.92. The summed E-state index contributed by atoms with van der Waals surface area (Å²) in [5, 5.41) is 20.8. The summed E-state index contributed by atoms with van der Waals surface area (Å²) < 4.78 is 5.35. The van der Waals surface area contributed by atoms with Crippen molar-refractivity contribution in [1.82, 2.24) is 0 Å². The van der Waals surface area contributed by atoms with Gasteiger partial charge in [0.2, 0.25) is 5.91 Å². The predicted octanol–water partition coefficient (Wildman–Crippen LogP) is 1.60. The third-order valence-electron chi connectivity index (χ3n) is 2.95. The van der Waals surface area contributed by atoms with Gasteiger partial charge in [0.05, 0.1) is 12.5 Å². The molecule has 6 nitrogen and oxygen atoms in total. The summed E-state index contributed by atoms with van der Waals surface area (Å²) in [7, 11) is 0. The van der Waals surface area contributed by atoms with Crippen molar-refractivity contribution < 1.29 is 24.5 Å². The Labute approximate surface area is 110 Å². The van der Waals surface area contributed by atoms with Gasteiger partial charge >= 0.3 is 5.97 Å². The Kier molecular flexibility index (Phi) is 4.01. The highest BCUT2D eigenvalue weighted by Crippen LogP contribution is 2.22.